The Morgan fingerprint density at radius 1 is 1.36 bits per heavy atom. The molecule has 4 heteroatoms. The van der Waals surface area contributed by atoms with E-state index in [1.807, 2.05) is 20.8 Å². The molecule has 0 aromatic rings. The smallest absolute Gasteiger partial charge is 0.212 e. The number of nitrogens with zero attached hydrogens (tertiary/aromatic N) is 1. The molecule has 0 heterocycles. The number of sulfonamides is 1. The molecule has 0 spiro atoms. The Morgan fingerprint density at radius 2 is 1.86 bits per heavy atom. The van der Waals surface area contributed by atoms with Crippen LogP contribution in [-0.4, -0.2) is 31.6 Å². The molecule has 0 amide bonds. The molecular formula is C10H19NO2S. The second-order valence-electron chi connectivity index (χ2n) is 4.45. The van der Waals surface area contributed by atoms with E-state index in [4.69, 9.17) is 6.42 Å². The molecule has 0 bridgehead atoms. The Kier molecular flexibility index (Phi) is 4.63. The van der Waals surface area contributed by atoms with Gasteiger partial charge >= 0.3 is 0 Å². The fraction of sp³-hybridized carbons (Fsp3) is 0.800. The summed E-state index contributed by atoms with van der Waals surface area (Å²) < 4.78 is 24.9. The molecule has 0 fully saturated rings. The van der Waals surface area contributed by atoms with E-state index in [9.17, 15) is 8.42 Å². The van der Waals surface area contributed by atoms with Gasteiger partial charge in [-0.3, -0.25) is 0 Å². The third-order valence-electron chi connectivity index (χ3n) is 1.63. The van der Waals surface area contributed by atoms with Crippen LogP contribution in [-0.2, 0) is 10.0 Å². The molecule has 0 saturated carbocycles. The van der Waals surface area contributed by atoms with Crippen molar-refractivity contribution in [3.05, 3.63) is 0 Å². The zero-order chi connectivity index (χ0) is 11.4. The molecular weight excluding hydrogens is 198 g/mol. The average Bonchev–Trinajstić information content (AvgIpc) is 1.94. The minimum atomic E-state index is -3.20. The van der Waals surface area contributed by atoms with Crippen LogP contribution in [0.1, 0.15) is 27.7 Å². The van der Waals surface area contributed by atoms with Gasteiger partial charge in [-0.15, -0.1) is 6.42 Å². The first kappa shape index (κ1) is 13.5. The van der Waals surface area contributed by atoms with E-state index in [0.717, 1.165) is 0 Å². The standard InChI is InChI=1S/C10H19NO2S/c1-6-8-11(7-2)14(12,13)9-10(3,4)5/h1H,7-9H2,2-5H3. The van der Waals surface area contributed by atoms with Gasteiger partial charge in [0.25, 0.3) is 0 Å². The Balaban J connectivity index is 4.69. The molecule has 0 aromatic heterocycles. The van der Waals surface area contributed by atoms with Gasteiger partial charge in [0.15, 0.2) is 0 Å². The predicted molar refractivity (Wildman–Crippen MR) is 59.3 cm³/mol. The van der Waals surface area contributed by atoms with E-state index < -0.39 is 10.0 Å². The van der Waals surface area contributed by atoms with Gasteiger partial charge in [-0.2, -0.15) is 4.31 Å². The SMILES string of the molecule is C#CCN(CC)S(=O)(=O)CC(C)(C)C. The minimum Gasteiger partial charge on any atom is -0.212 e. The van der Waals surface area contributed by atoms with Crippen LogP contribution in [0.4, 0.5) is 0 Å². The fourth-order valence-corrected chi connectivity index (χ4v) is 3.09. The van der Waals surface area contributed by atoms with Crippen molar-refractivity contribution in [2.75, 3.05) is 18.8 Å². The lowest BCUT2D eigenvalue weighted by atomic mass is 10.0. The second-order valence-corrected chi connectivity index (χ2v) is 6.42. The molecule has 3 nitrogen and oxygen atoms in total. The molecule has 0 atom stereocenters. The van der Waals surface area contributed by atoms with E-state index in [-0.39, 0.29) is 17.7 Å². The Bertz CT molecular complexity index is 306. The van der Waals surface area contributed by atoms with E-state index in [2.05, 4.69) is 5.92 Å². The Morgan fingerprint density at radius 3 is 2.14 bits per heavy atom. The third-order valence-corrected chi connectivity index (χ3v) is 4.03. The number of hydrogen-bond acceptors (Lipinski definition) is 2. The zero-order valence-corrected chi connectivity index (χ0v) is 10.2. The highest BCUT2D eigenvalue weighted by Crippen LogP contribution is 2.18. The highest BCUT2D eigenvalue weighted by Gasteiger charge is 2.26. The van der Waals surface area contributed by atoms with E-state index in [1.165, 1.54) is 4.31 Å². The van der Waals surface area contributed by atoms with E-state index in [1.54, 1.807) is 6.92 Å². The van der Waals surface area contributed by atoms with Gasteiger partial charge in [-0.05, 0) is 5.41 Å². The van der Waals surface area contributed by atoms with Gasteiger partial charge in [0.1, 0.15) is 0 Å². The normalized spacial score (nSPS) is 12.9. The molecule has 0 aliphatic carbocycles. The molecule has 82 valence electrons. The van der Waals surface area contributed by atoms with E-state index >= 15 is 0 Å². The van der Waals surface area contributed by atoms with E-state index in [0.29, 0.717) is 6.54 Å². The van der Waals surface area contributed by atoms with Crippen molar-refractivity contribution in [2.45, 2.75) is 27.7 Å². The lowest BCUT2D eigenvalue weighted by molar-refractivity contribution is 0.418. The maximum Gasteiger partial charge on any atom is 0.215 e. The van der Waals surface area contributed by atoms with Crippen LogP contribution in [0.2, 0.25) is 0 Å². The van der Waals surface area contributed by atoms with Gasteiger partial charge in [0, 0.05) is 6.54 Å². The first-order chi connectivity index (χ1) is 6.23. The Labute approximate surface area is 87.5 Å². The molecule has 0 unspecified atom stereocenters. The highest BCUT2D eigenvalue weighted by atomic mass is 32.2. The molecule has 0 radical (unpaired) electrons. The lowest BCUT2D eigenvalue weighted by Crippen LogP contribution is -2.37. The first-order valence-corrected chi connectivity index (χ1v) is 6.25. The van der Waals surface area contributed by atoms with Crippen molar-refractivity contribution in [2.24, 2.45) is 5.41 Å². The summed E-state index contributed by atoms with van der Waals surface area (Å²) in [6.07, 6.45) is 5.11. The molecule has 0 saturated heterocycles. The maximum absolute atomic E-state index is 11.8. The second kappa shape index (κ2) is 4.81. The van der Waals surface area contributed by atoms with Gasteiger partial charge in [-0.1, -0.05) is 33.6 Å². The maximum atomic E-state index is 11.8. The van der Waals surface area contributed by atoms with Crippen molar-refractivity contribution in [1.29, 1.82) is 0 Å². The lowest BCUT2D eigenvalue weighted by Gasteiger charge is -2.24. The molecule has 0 rings (SSSR count). The third kappa shape index (κ3) is 4.64. The predicted octanol–water partition coefficient (Wildman–Crippen LogP) is 1.32. The summed E-state index contributed by atoms with van der Waals surface area (Å²) in [4.78, 5) is 0. The van der Waals surface area contributed by atoms with Crippen LogP contribution in [0.5, 0.6) is 0 Å². The Hall–Kier alpha value is -0.530. The molecule has 0 aliphatic heterocycles. The summed E-state index contributed by atoms with van der Waals surface area (Å²) in [5, 5.41) is 0. The van der Waals surface area contributed by atoms with Crippen LogP contribution >= 0.6 is 0 Å². The number of rotatable bonds is 4. The molecule has 0 N–H and O–H groups in total. The summed E-state index contributed by atoms with van der Waals surface area (Å²) in [5.41, 5.74) is -0.235. The fourth-order valence-electron chi connectivity index (χ4n) is 1.15. The molecule has 0 aromatic carbocycles. The minimum absolute atomic E-state index is 0.134. The summed E-state index contributed by atoms with van der Waals surface area (Å²) in [6, 6.07) is 0. The van der Waals surface area contributed by atoms with Gasteiger partial charge in [-0.25, -0.2) is 8.42 Å². The van der Waals surface area contributed by atoms with Crippen molar-refractivity contribution in [3.8, 4) is 12.3 Å². The van der Waals surface area contributed by atoms with Crippen LogP contribution in [0.25, 0.3) is 0 Å². The van der Waals surface area contributed by atoms with Crippen molar-refractivity contribution in [1.82, 2.24) is 4.31 Å². The van der Waals surface area contributed by atoms with Gasteiger partial charge < -0.3 is 0 Å². The van der Waals surface area contributed by atoms with Crippen molar-refractivity contribution >= 4 is 10.0 Å². The summed E-state index contributed by atoms with van der Waals surface area (Å²) in [7, 11) is -3.20. The van der Waals surface area contributed by atoms with Crippen LogP contribution < -0.4 is 0 Å². The number of terminal acetylenes is 1. The zero-order valence-electron chi connectivity index (χ0n) is 9.37. The van der Waals surface area contributed by atoms with Crippen LogP contribution in [0.15, 0.2) is 0 Å². The topological polar surface area (TPSA) is 37.4 Å². The first-order valence-electron chi connectivity index (χ1n) is 4.64. The molecule has 14 heavy (non-hydrogen) atoms. The number of hydrogen-bond donors (Lipinski definition) is 0. The van der Waals surface area contributed by atoms with Crippen LogP contribution in [0, 0.1) is 17.8 Å². The van der Waals surface area contributed by atoms with Gasteiger partial charge in [0.05, 0.1) is 12.3 Å². The van der Waals surface area contributed by atoms with Crippen LogP contribution in [0.3, 0.4) is 0 Å². The quantitative estimate of drug-likeness (QED) is 0.666. The average molecular weight is 217 g/mol. The summed E-state index contributed by atoms with van der Waals surface area (Å²) >= 11 is 0. The largest absolute Gasteiger partial charge is 0.215 e. The highest BCUT2D eigenvalue weighted by molar-refractivity contribution is 7.89. The monoisotopic (exact) mass is 217 g/mol. The summed E-state index contributed by atoms with van der Waals surface area (Å²) in [6.45, 7) is 8.08. The van der Waals surface area contributed by atoms with Crippen molar-refractivity contribution < 1.29 is 8.42 Å². The van der Waals surface area contributed by atoms with Gasteiger partial charge in [0.2, 0.25) is 10.0 Å². The summed E-state index contributed by atoms with van der Waals surface area (Å²) in [5.74, 6) is 2.49. The molecule has 0 aliphatic rings. The van der Waals surface area contributed by atoms with Crippen molar-refractivity contribution in [3.63, 3.8) is 0 Å².